The molecule has 9 heteroatoms. The summed E-state index contributed by atoms with van der Waals surface area (Å²) in [5.41, 5.74) is 1.81. The number of benzene rings is 2. The molecule has 1 amide bonds. The van der Waals surface area contributed by atoms with Crippen LogP contribution in [-0.4, -0.2) is 42.9 Å². The van der Waals surface area contributed by atoms with Gasteiger partial charge in [-0.3, -0.25) is 4.79 Å². The number of thiazole rings is 1. The Morgan fingerprint density at radius 2 is 2.03 bits per heavy atom. The zero-order valence-corrected chi connectivity index (χ0v) is 19.4. The quantitative estimate of drug-likeness (QED) is 0.538. The molecule has 1 aliphatic heterocycles. The second-order valence-corrected chi connectivity index (χ2v) is 10.4. The molecular formula is C23H23N3O4S2. The number of hydrogen-bond acceptors (Lipinski definition) is 5. The summed E-state index contributed by atoms with van der Waals surface area (Å²) in [6.45, 7) is 2.42. The lowest BCUT2D eigenvalue weighted by Gasteiger charge is -2.21. The minimum atomic E-state index is -3.80. The average molecular weight is 470 g/mol. The highest BCUT2D eigenvalue weighted by Gasteiger charge is 2.39. The number of aromatic nitrogens is 1. The van der Waals surface area contributed by atoms with Gasteiger partial charge in [-0.05, 0) is 50.1 Å². The topological polar surface area (TPSA) is 81.0 Å². The third-order valence-electron chi connectivity index (χ3n) is 5.46. The maximum atomic E-state index is 13.2. The van der Waals surface area contributed by atoms with E-state index < -0.39 is 22.0 Å². The van der Waals surface area contributed by atoms with Gasteiger partial charge in [-0.2, -0.15) is 9.30 Å². The molecule has 0 N–H and O–H groups in total. The Labute approximate surface area is 191 Å². The molecule has 1 aromatic heterocycles. The number of carbonyl (C=O) groups excluding carboxylic acids is 1. The third-order valence-corrected chi connectivity index (χ3v) is 8.43. The fraction of sp³-hybridized carbons (Fsp3) is 0.304. The minimum absolute atomic E-state index is 0.180. The summed E-state index contributed by atoms with van der Waals surface area (Å²) in [5.74, 6) is 2.80. The second kappa shape index (κ2) is 8.90. The van der Waals surface area contributed by atoms with E-state index in [1.807, 2.05) is 25.1 Å². The Hall–Kier alpha value is -2.93. The Morgan fingerprint density at radius 1 is 1.28 bits per heavy atom. The molecule has 7 nitrogen and oxygen atoms in total. The fourth-order valence-corrected chi connectivity index (χ4v) is 6.51. The molecular weight excluding hydrogens is 446 g/mol. The van der Waals surface area contributed by atoms with Crippen molar-refractivity contribution in [2.75, 3.05) is 13.7 Å². The number of fused-ring (bicyclic) bond motifs is 1. The van der Waals surface area contributed by atoms with Gasteiger partial charge in [0.1, 0.15) is 11.8 Å². The van der Waals surface area contributed by atoms with Crippen LogP contribution < -0.4 is 9.54 Å². The van der Waals surface area contributed by atoms with Crippen LogP contribution in [0.5, 0.6) is 5.75 Å². The van der Waals surface area contributed by atoms with Gasteiger partial charge in [-0.1, -0.05) is 35.0 Å². The highest BCUT2D eigenvalue weighted by molar-refractivity contribution is 7.89. The van der Waals surface area contributed by atoms with Crippen molar-refractivity contribution in [2.24, 2.45) is 4.99 Å². The summed E-state index contributed by atoms with van der Waals surface area (Å²) in [4.78, 5) is 18.1. The van der Waals surface area contributed by atoms with Crippen LogP contribution in [0.1, 0.15) is 18.4 Å². The number of nitrogens with zero attached hydrogens (tertiary/aromatic N) is 3. The summed E-state index contributed by atoms with van der Waals surface area (Å²) in [5, 5.41) is 0. The van der Waals surface area contributed by atoms with Gasteiger partial charge >= 0.3 is 0 Å². The molecule has 0 saturated carbocycles. The Bertz CT molecular complexity index is 1380. The molecule has 1 unspecified atom stereocenters. The molecule has 1 fully saturated rings. The lowest BCUT2D eigenvalue weighted by Crippen LogP contribution is -2.40. The summed E-state index contributed by atoms with van der Waals surface area (Å²) in [7, 11) is -2.21. The Kier molecular flexibility index (Phi) is 6.20. The molecule has 4 rings (SSSR count). The van der Waals surface area contributed by atoms with E-state index in [0.717, 1.165) is 15.8 Å². The largest absolute Gasteiger partial charge is 0.497 e. The number of methoxy groups -OCH3 is 1. The van der Waals surface area contributed by atoms with E-state index in [1.165, 1.54) is 15.6 Å². The molecule has 0 bridgehead atoms. The van der Waals surface area contributed by atoms with Gasteiger partial charge in [0, 0.05) is 6.54 Å². The maximum absolute atomic E-state index is 13.2. The zero-order valence-electron chi connectivity index (χ0n) is 17.8. The second-order valence-electron chi connectivity index (χ2n) is 7.55. The van der Waals surface area contributed by atoms with Crippen LogP contribution in [0.15, 0.2) is 52.4 Å². The highest BCUT2D eigenvalue weighted by Crippen LogP contribution is 2.27. The number of aryl methyl sites for hydroxylation is 1. The fourth-order valence-electron chi connectivity index (χ4n) is 3.80. The van der Waals surface area contributed by atoms with E-state index in [1.54, 1.807) is 35.9 Å². The monoisotopic (exact) mass is 469 g/mol. The van der Waals surface area contributed by atoms with Crippen molar-refractivity contribution < 1.29 is 17.9 Å². The zero-order chi connectivity index (χ0) is 22.9. The van der Waals surface area contributed by atoms with Crippen molar-refractivity contribution in [1.29, 1.82) is 0 Å². The van der Waals surface area contributed by atoms with Crippen LogP contribution in [0, 0.1) is 19.3 Å². The van der Waals surface area contributed by atoms with Crippen LogP contribution in [0.2, 0.25) is 0 Å². The molecule has 2 heterocycles. The molecule has 0 aliphatic carbocycles. The van der Waals surface area contributed by atoms with Gasteiger partial charge in [0.25, 0.3) is 5.91 Å². The molecule has 2 aromatic carbocycles. The predicted molar refractivity (Wildman–Crippen MR) is 124 cm³/mol. The summed E-state index contributed by atoms with van der Waals surface area (Å²) in [6.07, 6.45) is 6.57. The normalized spacial score (nSPS) is 17.5. The number of sulfonamides is 1. The lowest BCUT2D eigenvalue weighted by molar-refractivity contribution is -0.121. The van der Waals surface area contributed by atoms with Crippen LogP contribution in [0.25, 0.3) is 10.2 Å². The van der Waals surface area contributed by atoms with Crippen molar-refractivity contribution in [3.05, 3.63) is 52.8 Å². The molecule has 1 saturated heterocycles. The number of ether oxygens (including phenoxy) is 1. The molecule has 1 atom stereocenters. The van der Waals surface area contributed by atoms with Gasteiger partial charge in [0.15, 0.2) is 4.80 Å². The first-order valence-electron chi connectivity index (χ1n) is 10.1. The van der Waals surface area contributed by atoms with Crippen LogP contribution >= 0.6 is 11.3 Å². The van der Waals surface area contributed by atoms with Crippen LogP contribution in [0.4, 0.5) is 0 Å². The van der Waals surface area contributed by atoms with Gasteiger partial charge in [-0.15, -0.1) is 6.42 Å². The van der Waals surface area contributed by atoms with Gasteiger partial charge in [0.2, 0.25) is 10.0 Å². The van der Waals surface area contributed by atoms with E-state index in [2.05, 4.69) is 10.9 Å². The van der Waals surface area contributed by atoms with Gasteiger partial charge in [-0.25, -0.2) is 8.42 Å². The van der Waals surface area contributed by atoms with Crippen molar-refractivity contribution in [1.82, 2.24) is 8.87 Å². The predicted octanol–water partition coefficient (Wildman–Crippen LogP) is 2.93. The first-order valence-corrected chi connectivity index (χ1v) is 12.4. The minimum Gasteiger partial charge on any atom is -0.497 e. The number of terminal acetylenes is 1. The Morgan fingerprint density at radius 3 is 2.72 bits per heavy atom. The molecule has 32 heavy (non-hydrogen) atoms. The van der Waals surface area contributed by atoms with E-state index in [9.17, 15) is 13.2 Å². The van der Waals surface area contributed by atoms with E-state index >= 15 is 0 Å². The SMILES string of the molecule is C#CCn1c(=NC(=O)C2CCCN2S(=O)(=O)c2ccc(C)cc2)sc2cc(OC)ccc21. The highest BCUT2D eigenvalue weighted by atomic mass is 32.2. The van der Waals surface area contributed by atoms with Crippen LogP contribution in [0.3, 0.4) is 0 Å². The standard InChI is InChI=1S/C23H23N3O4S2/c1-4-13-25-19-12-9-17(30-3)15-21(19)31-23(25)24-22(27)20-6-5-14-26(20)32(28,29)18-10-7-16(2)8-11-18/h1,7-12,15,20H,5-6,13-14H2,2-3H3. The Balaban J connectivity index is 1.72. The number of carbonyl (C=O) groups is 1. The molecule has 3 aromatic rings. The van der Waals surface area contributed by atoms with Crippen molar-refractivity contribution in [3.8, 4) is 18.1 Å². The smallest absolute Gasteiger partial charge is 0.266 e. The van der Waals surface area contributed by atoms with Crippen molar-refractivity contribution in [3.63, 3.8) is 0 Å². The summed E-state index contributed by atoms with van der Waals surface area (Å²) < 4.78 is 35.6. The number of hydrogen-bond donors (Lipinski definition) is 0. The summed E-state index contributed by atoms with van der Waals surface area (Å²) in [6, 6.07) is 11.4. The first kappa shape index (κ1) is 22.3. The molecule has 166 valence electrons. The number of rotatable bonds is 5. The lowest BCUT2D eigenvalue weighted by atomic mass is 10.2. The van der Waals surface area contributed by atoms with E-state index in [-0.39, 0.29) is 18.0 Å². The van der Waals surface area contributed by atoms with Crippen molar-refractivity contribution in [2.45, 2.75) is 37.2 Å². The summed E-state index contributed by atoms with van der Waals surface area (Å²) >= 11 is 1.32. The first-order chi connectivity index (χ1) is 15.3. The van der Waals surface area contributed by atoms with Gasteiger partial charge < -0.3 is 9.30 Å². The molecule has 1 aliphatic rings. The molecule has 0 spiro atoms. The van der Waals surface area contributed by atoms with E-state index in [0.29, 0.717) is 23.4 Å². The maximum Gasteiger partial charge on any atom is 0.266 e. The number of amides is 1. The van der Waals surface area contributed by atoms with Crippen molar-refractivity contribution >= 4 is 37.5 Å². The van der Waals surface area contributed by atoms with Gasteiger partial charge in [0.05, 0.1) is 28.8 Å². The third kappa shape index (κ3) is 4.09. The van der Waals surface area contributed by atoms with Crippen LogP contribution in [-0.2, 0) is 21.4 Å². The molecule has 0 radical (unpaired) electrons. The van der Waals surface area contributed by atoms with E-state index in [4.69, 9.17) is 11.2 Å². The average Bonchev–Trinajstić information content (AvgIpc) is 3.40.